The van der Waals surface area contributed by atoms with Crippen molar-refractivity contribution in [3.05, 3.63) is 46.2 Å². The van der Waals surface area contributed by atoms with Crippen LogP contribution in [-0.2, 0) is 20.2 Å². The lowest BCUT2D eigenvalue weighted by Gasteiger charge is -2.12. The smallest absolute Gasteiger partial charge is 0.209 e. The molecule has 0 atom stereocenters. The molecule has 0 unspecified atom stereocenters. The second-order valence-electron chi connectivity index (χ2n) is 5.46. The second kappa shape index (κ2) is 11.1. The number of halogens is 1. The van der Waals surface area contributed by atoms with Crippen LogP contribution in [0.5, 0.6) is 11.5 Å². The van der Waals surface area contributed by atoms with Crippen molar-refractivity contribution in [3.63, 3.8) is 0 Å². The van der Waals surface area contributed by atoms with E-state index in [9.17, 15) is 0 Å². The molecule has 0 saturated carbocycles. The van der Waals surface area contributed by atoms with E-state index < -0.39 is 0 Å². The zero-order chi connectivity index (χ0) is 18.2. The van der Waals surface area contributed by atoms with Gasteiger partial charge in [-0.05, 0) is 39.6 Å². The van der Waals surface area contributed by atoms with Crippen molar-refractivity contribution in [2.75, 3.05) is 19.4 Å². The molecule has 0 aliphatic heterocycles. The number of benzene rings is 1. The minimum atomic E-state index is 0. The highest BCUT2D eigenvalue weighted by Crippen LogP contribution is 2.29. The molecule has 27 heavy (non-hydrogen) atoms. The Morgan fingerprint density at radius 2 is 2.15 bits per heavy atom. The number of aryl methyl sites for hydroxylation is 1. The summed E-state index contributed by atoms with van der Waals surface area (Å²) in [4.78, 5) is 1.19. The van der Waals surface area contributed by atoms with E-state index in [0.29, 0.717) is 6.61 Å². The van der Waals surface area contributed by atoms with Gasteiger partial charge in [0, 0.05) is 30.8 Å². The molecule has 7 nitrogen and oxygen atoms in total. The zero-order valence-electron chi connectivity index (χ0n) is 15.1. The third-order valence-corrected chi connectivity index (χ3v) is 5.46. The van der Waals surface area contributed by atoms with Crippen LogP contribution in [0, 0.1) is 0 Å². The lowest BCUT2D eigenvalue weighted by Crippen LogP contribution is -2.16. The highest BCUT2D eigenvalue weighted by atomic mass is 35.5. The van der Waals surface area contributed by atoms with Gasteiger partial charge in [-0.15, -0.1) is 28.8 Å². The van der Waals surface area contributed by atoms with Gasteiger partial charge in [0.25, 0.3) is 0 Å². The minimum absolute atomic E-state index is 0. The summed E-state index contributed by atoms with van der Waals surface area (Å²) in [6.45, 7) is 2.18. The van der Waals surface area contributed by atoms with Gasteiger partial charge in [0.05, 0.1) is 7.11 Å². The van der Waals surface area contributed by atoms with Gasteiger partial charge in [-0.25, -0.2) is 4.68 Å². The second-order valence-corrected chi connectivity index (χ2v) is 7.56. The molecule has 1 N–H and O–H groups in total. The molecule has 1 aromatic carbocycles. The Morgan fingerprint density at radius 3 is 2.85 bits per heavy atom. The Labute approximate surface area is 172 Å². The molecule has 0 aliphatic carbocycles. The van der Waals surface area contributed by atoms with E-state index in [1.165, 1.54) is 4.88 Å². The minimum Gasteiger partial charge on any atom is -0.493 e. The zero-order valence-corrected chi connectivity index (χ0v) is 17.6. The van der Waals surface area contributed by atoms with Gasteiger partial charge < -0.3 is 14.8 Å². The molecule has 3 aromatic rings. The molecule has 0 radical (unpaired) electrons. The Bertz CT molecular complexity index is 814. The molecular weight excluding hydrogens is 406 g/mol. The SMILES string of the molecule is COc1cc(CNCCSc2nnnn2C)ccc1OCc1cccs1.Cl. The van der Waals surface area contributed by atoms with Crippen molar-refractivity contribution in [2.24, 2.45) is 7.05 Å². The summed E-state index contributed by atoms with van der Waals surface area (Å²) in [5.74, 6) is 2.41. The van der Waals surface area contributed by atoms with Crippen molar-refractivity contribution in [1.82, 2.24) is 25.5 Å². The van der Waals surface area contributed by atoms with E-state index >= 15 is 0 Å². The number of thiophene rings is 1. The number of tetrazole rings is 1. The normalized spacial score (nSPS) is 10.4. The van der Waals surface area contributed by atoms with Crippen LogP contribution in [0.25, 0.3) is 0 Å². The number of ether oxygens (including phenoxy) is 2. The van der Waals surface area contributed by atoms with Gasteiger partial charge in [0.15, 0.2) is 11.5 Å². The van der Waals surface area contributed by atoms with Crippen LogP contribution in [0.1, 0.15) is 10.4 Å². The van der Waals surface area contributed by atoms with Crippen molar-refractivity contribution in [3.8, 4) is 11.5 Å². The van der Waals surface area contributed by atoms with E-state index in [0.717, 1.165) is 41.1 Å². The molecule has 0 amide bonds. The Kier molecular flexibility index (Phi) is 8.86. The molecule has 146 valence electrons. The fourth-order valence-electron chi connectivity index (χ4n) is 2.28. The third kappa shape index (κ3) is 6.39. The summed E-state index contributed by atoms with van der Waals surface area (Å²) in [5.41, 5.74) is 1.15. The van der Waals surface area contributed by atoms with Crippen LogP contribution >= 0.6 is 35.5 Å². The molecule has 0 saturated heterocycles. The first kappa shape index (κ1) is 21.5. The van der Waals surface area contributed by atoms with E-state index in [1.807, 2.05) is 30.6 Å². The van der Waals surface area contributed by atoms with Gasteiger partial charge in [-0.1, -0.05) is 23.9 Å². The number of hydrogen-bond acceptors (Lipinski definition) is 8. The van der Waals surface area contributed by atoms with Crippen molar-refractivity contribution < 1.29 is 9.47 Å². The standard InChI is InChI=1S/C17H21N5O2S2.ClH/c1-22-17(19-20-21-22)26-9-7-18-11-13-5-6-15(16(10-13)23-2)24-12-14-4-3-8-25-14;/h3-6,8,10,18H,7,9,11-12H2,1-2H3;1H. The molecular formula is C17H22ClN5O2S2. The lowest BCUT2D eigenvalue weighted by molar-refractivity contribution is 0.287. The third-order valence-electron chi connectivity index (χ3n) is 3.60. The first-order valence-corrected chi connectivity index (χ1v) is 10.0. The summed E-state index contributed by atoms with van der Waals surface area (Å²) in [6, 6.07) is 10.1. The van der Waals surface area contributed by atoms with Crippen LogP contribution < -0.4 is 14.8 Å². The quantitative estimate of drug-likeness (QED) is 0.393. The highest BCUT2D eigenvalue weighted by molar-refractivity contribution is 7.99. The van der Waals surface area contributed by atoms with Crippen molar-refractivity contribution in [2.45, 2.75) is 18.3 Å². The predicted octanol–water partition coefficient (Wildman–Crippen LogP) is 3.16. The van der Waals surface area contributed by atoms with Gasteiger partial charge in [0.2, 0.25) is 5.16 Å². The van der Waals surface area contributed by atoms with Gasteiger partial charge in [0.1, 0.15) is 6.61 Å². The topological polar surface area (TPSA) is 74.1 Å². The summed E-state index contributed by atoms with van der Waals surface area (Å²) in [7, 11) is 3.50. The molecule has 2 aromatic heterocycles. The number of rotatable bonds is 10. The molecule has 0 fully saturated rings. The largest absolute Gasteiger partial charge is 0.493 e. The number of nitrogens with zero attached hydrogens (tertiary/aromatic N) is 4. The van der Waals surface area contributed by atoms with E-state index in [1.54, 1.807) is 34.9 Å². The molecule has 10 heteroatoms. The van der Waals surface area contributed by atoms with E-state index in [4.69, 9.17) is 9.47 Å². The Hall–Kier alpha value is -1.81. The highest BCUT2D eigenvalue weighted by Gasteiger charge is 2.07. The predicted molar refractivity (Wildman–Crippen MR) is 110 cm³/mol. The molecule has 0 aliphatic rings. The average Bonchev–Trinajstić information content (AvgIpc) is 3.32. The number of thioether (sulfide) groups is 1. The van der Waals surface area contributed by atoms with Gasteiger partial charge in [-0.3, -0.25) is 0 Å². The number of methoxy groups -OCH3 is 1. The van der Waals surface area contributed by atoms with Crippen molar-refractivity contribution >= 4 is 35.5 Å². The Morgan fingerprint density at radius 1 is 1.26 bits per heavy atom. The maximum atomic E-state index is 5.86. The summed E-state index contributed by atoms with van der Waals surface area (Å²) in [5, 5.41) is 17.7. The molecule has 0 bridgehead atoms. The van der Waals surface area contributed by atoms with E-state index in [2.05, 4.69) is 33.0 Å². The van der Waals surface area contributed by atoms with Gasteiger partial charge >= 0.3 is 0 Å². The monoisotopic (exact) mass is 427 g/mol. The fourth-order valence-corrected chi connectivity index (χ4v) is 3.64. The maximum absolute atomic E-state index is 5.86. The van der Waals surface area contributed by atoms with E-state index in [-0.39, 0.29) is 12.4 Å². The fraction of sp³-hybridized carbons (Fsp3) is 0.353. The number of aromatic nitrogens is 4. The first-order chi connectivity index (χ1) is 12.8. The molecule has 0 spiro atoms. The number of nitrogens with one attached hydrogen (secondary N) is 1. The summed E-state index contributed by atoms with van der Waals surface area (Å²) >= 11 is 3.31. The van der Waals surface area contributed by atoms with Crippen LogP contribution in [-0.4, -0.2) is 39.6 Å². The molecule has 3 rings (SSSR count). The van der Waals surface area contributed by atoms with Crippen molar-refractivity contribution in [1.29, 1.82) is 0 Å². The van der Waals surface area contributed by atoms with Crippen LogP contribution in [0.4, 0.5) is 0 Å². The van der Waals surface area contributed by atoms with Crippen LogP contribution in [0.2, 0.25) is 0 Å². The van der Waals surface area contributed by atoms with Crippen LogP contribution in [0.15, 0.2) is 40.9 Å². The average molecular weight is 428 g/mol. The Balaban J connectivity index is 0.00000261. The lowest BCUT2D eigenvalue weighted by atomic mass is 10.2. The maximum Gasteiger partial charge on any atom is 0.209 e. The van der Waals surface area contributed by atoms with Gasteiger partial charge in [-0.2, -0.15) is 0 Å². The van der Waals surface area contributed by atoms with Crippen LogP contribution in [0.3, 0.4) is 0 Å². The first-order valence-electron chi connectivity index (χ1n) is 8.14. The number of hydrogen-bond donors (Lipinski definition) is 1. The molecule has 2 heterocycles. The summed E-state index contributed by atoms with van der Waals surface area (Å²) in [6.07, 6.45) is 0. The summed E-state index contributed by atoms with van der Waals surface area (Å²) < 4.78 is 13.0.